The van der Waals surface area contributed by atoms with E-state index in [0.717, 1.165) is 12.8 Å². The van der Waals surface area contributed by atoms with E-state index in [2.05, 4.69) is 13.8 Å². The van der Waals surface area contributed by atoms with Gasteiger partial charge < -0.3 is 0 Å². The number of carbonyl (C=O) groups excluding carboxylic acids is 1. The Balaban J connectivity index is 2.28. The number of hydrogen-bond acceptors (Lipinski definition) is 2. The van der Waals surface area contributed by atoms with Crippen molar-refractivity contribution >= 4 is 17.5 Å². The fourth-order valence-electron chi connectivity index (χ4n) is 1.37. The molecule has 0 aliphatic carbocycles. The van der Waals surface area contributed by atoms with Gasteiger partial charge in [0.2, 0.25) is 0 Å². The van der Waals surface area contributed by atoms with Gasteiger partial charge in [0.05, 0.1) is 5.25 Å². The van der Waals surface area contributed by atoms with E-state index < -0.39 is 0 Å². The van der Waals surface area contributed by atoms with E-state index in [-0.39, 0.29) is 0 Å². The summed E-state index contributed by atoms with van der Waals surface area (Å²) in [6.45, 7) is 4.22. The molecular formula is C9H16OS. The Kier molecular flexibility index (Phi) is 3.44. The molecule has 1 rings (SSSR count). The SMILES string of the molecule is CC(C)CC(=O)C1CCCS1. The fourth-order valence-corrected chi connectivity index (χ4v) is 2.60. The summed E-state index contributed by atoms with van der Waals surface area (Å²) in [4.78, 5) is 11.4. The lowest BCUT2D eigenvalue weighted by atomic mass is 10.0. The highest BCUT2D eigenvalue weighted by Crippen LogP contribution is 2.28. The van der Waals surface area contributed by atoms with Gasteiger partial charge in [0.25, 0.3) is 0 Å². The van der Waals surface area contributed by atoms with Crippen molar-refractivity contribution in [2.45, 2.75) is 38.4 Å². The predicted octanol–water partition coefficient (Wildman–Crippen LogP) is 2.50. The standard InChI is InChI=1S/C9H16OS/c1-7(2)6-8(10)9-4-3-5-11-9/h7,9H,3-6H2,1-2H3. The lowest BCUT2D eigenvalue weighted by Crippen LogP contribution is -2.15. The zero-order chi connectivity index (χ0) is 8.27. The van der Waals surface area contributed by atoms with Crippen molar-refractivity contribution in [2.75, 3.05) is 5.75 Å². The molecule has 0 N–H and O–H groups in total. The minimum Gasteiger partial charge on any atom is -0.298 e. The first-order valence-electron chi connectivity index (χ1n) is 4.34. The molecule has 1 aliphatic rings. The third-order valence-corrected chi connectivity index (χ3v) is 3.32. The maximum atomic E-state index is 11.4. The summed E-state index contributed by atoms with van der Waals surface area (Å²) in [5.41, 5.74) is 0. The molecule has 1 aliphatic heterocycles. The number of rotatable bonds is 3. The number of thioether (sulfide) groups is 1. The summed E-state index contributed by atoms with van der Waals surface area (Å²) >= 11 is 1.84. The van der Waals surface area contributed by atoms with Crippen LogP contribution < -0.4 is 0 Å². The molecule has 0 aromatic heterocycles. The zero-order valence-electron chi connectivity index (χ0n) is 7.30. The monoisotopic (exact) mass is 172 g/mol. The molecule has 1 unspecified atom stereocenters. The fraction of sp³-hybridized carbons (Fsp3) is 0.889. The van der Waals surface area contributed by atoms with Crippen LogP contribution in [0, 0.1) is 5.92 Å². The molecule has 1 atom stereocenters. The molecule has 0 bridgehead atoms. The van der Waals surface area contributed by atoms with Crippen LogP contribution in [-0.2, 0) is 4.79 Å². The second-order valence-corrected chi connectivity index (χ2v) is 4.88. The number of hydrogen-bond donors (Lipinski definition) is 0. The quantitative estimate of drug-likeness (QED) is 0.650. The molecular weight excluding hydrogens is 156 g/mol. The van der Waals surface area contributed by atoms with Crippen LogP contribution in [0.1, 0.15) is 33.1 Å². The predicted molar refractivity (Wildman–Crippen MR) is 49.9 cm³/mol. The van der Waals surface area contributed by atoms with Gasteiger partial charge in [0.1, 0.15) is 5.78 Å². The van der Waals surface area contributed by atoms with Gasteiger partial charge in [-0.05, 0) is 24.5 Å². The van der Waals surface area contributed by atoms with E-state index in [1.807, 2.05) is 11.8 Å². The molecule has 64 valence electrons. The molecule has 0 aromatic rings. The van der Waals surface area contributed by atoms with E-state index in [1.165, 1.54) is 12.2 Å². The van der Waals surface area contributed by atoms with Crippen molar-refractivity contribution in [3.05, 3.63) is 0 Å². The van der Waals surface area contributed by atoms with Gasteiger partial charge in [-0.2, -0.15) is 11.8 Å². The van der Waals surface area contributed by atoms with Crippen molar-refractivity contribution in [1.29, 1.82) is 0 Å². The third kappa shape index (κ3) is 2.86. The second kappa shape index (κ2) is 4.15. The summed E-state index contributed by atoms with van der Waals surface area (Å²) in [6, 6.07) is 0. The highest BCUT2D eigenvalue weighted by molar-refractivity contribution is 8.00. The lowest BCUT2D eigenvalue weighted by molar-refractivity contribution is -0.119. The van der Waals surface area contributed by atoms with Crippen LogP contribution in [0.15, 0.2) is 0 Å². The summed E-state index contributed by atoms with van der Waals surface area (Å²) in [5, 5.41) is 0.345. The van der Waals surface area contributed by atoms with Crippen LogP contribution in [0.4, 0.5) is 0 Å². The first kappa shape index (κ1) is 9.11. The van der Waals surface area contributed by atoms with E-state index >= 15 is 0 Å². The van der Waals surface area contributed by atoms with Crippen molar-refractivity contribution in [3.63, 3.8) is 0 Å². The van der Waals surface area contributed by atoms with Crippen LogP contribution in [-0.4, -0.2) is 16.8 Å². The van der Waals surface area contributed by atoms with Crippen LogP contribution in [0.3, 0.4) is 0 Å². The summed E-state index contributed by atoms with van der Waals surface area (Å²) in [6.07, 6.45) is 3.13. The third-order valence-electron chi connectivity index (χ3n) is 1.90. The normalized spacial score (nSPS) is 24.5. The minimum absolute atomic E-state index is 0.345. The second-order valence-electron chi connectivity index (χ2n) is 3.57. The molecule has 1 saturated heterocycles. The smallest absolute Gasteiger partial charge is 0.146 e. The van der Waals surface area contributed by atoms with Gasteiger partial charge >= 0.3 is 0 Å². The Bertz CT molecular complexity index is 136. The molecule has 0 amide bonds. The van der Waals surface area contributed by atoms with Gasteiger partial charge in [-0.15, -0.1) is 0 Å². The molecule has 0 radical (unpaired) electrons. The first-order chi connectivity index (χ1) is 5.20. The van der Waals surface area contributed by atoms with Crippen LogP contribution >= 0.6 is 11.8 Å². The topological polar surface area (TPSA) is 17.1 Å². The molecule has 1 nitrogen and oxygen atoms in total. The van der Waals surface area contributed by atoms with E-state index in [9.17, 15) is 4.79 Å². The number of Topliss-reactive ketones (excluding diaryl/α,β-unsaturated/α-hetero) is 1. The molecule has 1 heterocycles. The van der Waals surface area contributed by atoms with Gasteiger partial charge in [0, 0.05) is 6.42 Å². The number of carbonyl (C=O) groups is 1. The average molecular weight is 172 g/mol. The highest BCUT2D eigenvalue weighted by atomic mass is 32.2. The summed E-state index contributed by atoms with van der Waals surface area (Å²) in [7, 11) is 0. The minimum atomic E-state index is 0.345. The van der Waals surface area contributed by atoms with Crippen LogP contribution in [0.5, 0.6) is 0 Å². The Morgan fingerprint density at radius 3 is 2.82 bits per heavy atom. The van der Waals surface area contributed by atoms with Crippen molar-refractivity contribution < 1.29 is 4.79 Å². The molecule has 2 heteroatoms. The van der Waals surface area contributed by atoms with Gasteiger partial charge in [-0.1, -0.05) is 13.8 Å². The van der Waals surface area contributed by atoms with E-state index in [1.54, 1.807) is 0 Å². The maximum absolute atomic E-state index is 11.4. The van der Waals surface area contributed by atoms with Gasteiger partial charge in [0.15, 0.2) is 0 Å². The molecule has 0 aromatic carbocycles. The van der Waals surface area contributed by atoms with Crippen LogP contribution in [0.2, 0.25) is 0 Å². The number of ketones is 1. The van der Waals surface area contributed by atoms with Gasteiger partial charge in [-0.25, -0.2) is 0 Å². The lowest BCUT2D eigenvalue weighted by Gasteiger charge is -2.08. The Labute approximate surface area is 72.9 Å². The average Bonchev–Trinajstić information content (AvgIpc) is 2.35. The zero-order valence-corrected chi connectivity index (χ0v) is 8.12. The van der Waals surface area contributed by atoms with Gasteiger partial charge in [-0.3, -0.25) is 4.79 Å². The maximum Gasteiger partial charge on any atom is 0.146 e. The summed E-state index contributed by atoms with van der Waals surface area (Å²) < 4.78 is 0. The Hall–Kier alpha value is 0.0200. The van der Waals surface area contributed by atoms with E-state index in [0.29, 0.717) is 17.0 Å². The highest BCUT2D eigenvalue weighted by Gasteiger charge is 2.23. The van der Waals surface area contributed by atoms with Crippen molar-refractivity contribution in [3.8, 4) is 0 Å². The molecule has 11 heavy (non-hydrogen) atoms. The summed E-state index contributed by atoms with van der Waals surface area (Å²) in [5.74, 6) is 2.19. The largest absolute Gasteiger partial charge is 0.298 e. The van der Waals surface area contributed by atoms with E-state index in [4.69, 9.17) is 0 Å². The van der Waals surface area contributed by atoms with Crippen LogP contribution in [0.25, 0.3) is 0 Å². The Morgan fingerprint density at radius 2 is 2.36 bits per heavy atom. The first-order valence-corrected chi connectivity index (χ1v) is 5.39. The van der Waals surface area contributed by atoms with Crippen molar-refractivity contribution in [1.82, 2.24) is 0 Å². The molecule has 1 fully saturated rings. The molecule has 0 spiro atoms. The van der Waals surface area contributed by atoms with Crippen molar-refractivity contribution in [2.24, 2.45) is 5.92 Å². The Morgan fingerprint density at radius 1 is 1.64 bits per heavy atom. The molecule has 0 saturated carbocycles.